The minimum atomic E-state index is 0.329. The third-order valence-electron chi connectivity index (χ3n) is 1.51. The van der Waals surface area contributed by atoms with E-state index in [4.69, 9.17) is 4.74 Å². The second-order valence-corrected chi connectivity index (χ2v) is 4.60. The fourth-order valence-corrected chi connectivity index (χ4v) is 1.56. The Labute approximate surface area is 70.7 Å². The lowest BCUT2D eigenvalue weighted by Crippen LogP contribution is -1.95. The molecule has 2 heteroatoms. The minimum Gasteiger partial charge on any atom is -0.497 e. The van der Waals surface area contributed by atoms with Crippen molar-refractivity contribution in [3.8, 4) is 5.75 Å². The Morgan fingerprint density at radius 1 is 1.27 bits per heavy atom. The average molecular weight is 169 g/mol. The summed E-state index contributed by atoms with van der Waals surface area (Å²) in [6.45, 7) is 0. The topological polar surface area (TPSA) is 9.23 Å². The fourth-order valence-electron chi connectivity index (χ4n) is 0.855. The smallest absolute Gasteiger partial charge is 0.158 e. The van der Waals surface area contributed by atoms with Crippen LogP contribution >= 0.6 is 0 Å². The molecule has 0 amide bonds. The standard InChI is InChI=1S/C9H13OS/c1-10-8-5-4-6-9(7-8)11(2)3/h4-7H,1-3H3/q+1. The molecule has 1 nitrogen and oxygen atoms in total. The first-order valence-corrected chi connectivity index (χ1v) is 5.50. The van der Waals surface area contributed by atoms with Crippen molar-refractivity contribution in [1.82, 2.24) is 0 Å². The van der Waals surface area contributed by atoms with Crippen LogP contribution in [0.4, 0.5) is 0 Å². The van der Waals surface area contributed by atoms with E-state index in [0.29, 0.717) is 10.9 Å². The lowest BCUT2D eigenvalue weighted by Gasteiger charge is -1.99. The predicted molar refractivity (Wildman–Crippen MR) is 50.5 cm³/mol. The van der Waals surface area contributed by atoms with Crippen LogP contribution in [0.1, 0.15) is 0 Å². The second kappa shape index (κ2) is 3.67. The summed E-state index contributed by atoms with van der Waals surface area (Å²) in [4.78, 5) is 1.35. The van der Waals surface area contributed by atoms with Gasteiger partial charge in [0.2, 0.25) is 0 Å². The van der Waals surface area contributed by atoms with Crippen LogP contribution in [0.25, 0.3) is 0 Å². The third kappa shape index (κ3) is 2.15. The Kier molecular flexibility index (Phi) is 2.83. The van der Waals surface area contributed by atoms with Gasteiger partial charge >= 0.3 is 0 Å². The van der Waals surface area contributed by atoms with E-state index >= 15 is 0 Å². The zero-order chi connectivity index (χ0) is 8.27. The average Bonchev–Trinajstić information content (AvgIpc) is 2.05. The molecule has 1 aromatic rings. The van der Waals surface area contributed by atoms with Crippen molar-refractivity contribution < 1.29 is 4.74 Å². The molecular weight excluding hydrogens is 156 g/mol. The molecule has 0 bridgehead atoms. The zero-order valence-electron chi connectivity index (χ0n) is 7.13. The highest BCUT2D eigenvalue weighted by Crippen LogP contribution is 2.16. The number of ether oxygens (including phenoxy) is 1. The van der Waals surface area contributed by atoms with Crippen molar-refractivity contribution in [1.29, 1.82) is 0 Å². The molecule has 11 heavy (non-hydrogen) atoms. The largest absolute Gasteiger partial charge is 0.497 e. The summed E-state index contributed by atoms with van der Waals surface area (Å²) in [5, 5.41) is 0. The number of hydrogen-bond donors (Lipinski definition) is 0. The molecule has 0 saturated heterocycles. The fraction of sp³-hybridized carbons (Fsp3) is 0.333. The van der Waals surface area contributed by atoms with Gasteiger partial charge < -0.3 is 4.74 Å². The number of hydrogen-bond acceptors (Lipinski definition) is 1. The monoisotopic (exact) mass is 169 g/mol. The highest BCUT2D eigenvalue weighted by Gasteiger charge is 2.07. The van der Waals surface area contributed by atoms with E-state index in [9.17, 15) is 0 Å². The summed E-state index contributed by atoms with van der Waals surface area (Å²) < 4.78 is 5.11. The van der Waals surface area contributed by atoms with Crippen LogP contribution in [0, 0.1) is 0 Å². The van der Waals surface area contributed by atoms with Crippen molar-refractivity contribution in [3.05, 3.63) is 24.3 Å². The number of methoxy groups -OCH3 is 1. The molecule has 0 unspecified atom stereocenters. The minimum absolute atomic E-state index is 0.329. The van der Waals surface area contributed by atoms with Crippen LogP contribution in [-0.4, -0.2) is 19.6 Å². The molecule has 0 radical (unpaired) electrons. The Morgan fingerprint density at radius 3 is 2.55 bits per heavy atom. The van der Waals surface area contributed by atoms with Gasteiger partial charge in [-0.25, -0.2) is 0 Å². The van der Waals surface area contributed by atoms with Crippen molar-refractivity contribution >= 4 is 10.9 Å². The maximum absolute atomic E-state index is 5.11. The molecule has 0 N–H and O–H groups in total. The van der Waals surface area contributed by atoms with Crippen molar-refractivity contribution in [2.45, 2.75) is 4.90 Å². The summed E-state index contributed by atoms with van der Waals surface area (Å²) >= 11 is 0. The first-order chi connectivity index (χ1) is 5.24. The molecule has 0 heterocycles. The SMILES string of the molecule is COc1cccc([S+](C)C)c1. The van der Waals surface area contributed by atoms with E-state index in [1.807, 2.05) is 12.1 Å². The van der Waals surface area contributed by atoms with E-state index < -0.39 is 0 Å². The molecule has 0 aromatic heterocycles. The van der Waals surface area contributed by atoms with Gasteiger partial charge in [0.15, 0.2) is 4.90 Å². The Balaban J connectivity index is 2.91. The normalized spacial score (nSPS) is 10.2. The predicted octanol–water partition coefficient (Wildman–Crippen LogP) is 1.93. The van der Waals surface area contributed by atoms with Gasteiger partial charge in [0.1, 0.15) is 18.3 Å². The molecule has 0 aliphatic rings. The van der Waals surface area contributed by atoms with Crippen molar-refractivity contribution in [2.24, 2.45) is 0 Å². The number of rotatable bonds is 2. The van der Waals surface area contributed by atoms with Gasteiger partial charge in [0, 0.05) is 17.0 Å². The van der Waals surface area contributed by atoms with E-state index in [0.717, 1.165) is 5.75 Å². The van der Waals surface area contributed by atoms with Gasteiger partial charge in [-0.3, -0.25) is 0 Å². The van der Waals surface area contributed by atoms with E-state index in [1.165, 1.54) is 4.90 Å². The third-order valence-corrected chi connectivity index (χ3v) is 2.71. The van der Waals surface area contributed by atoms with Gasteiger partial charge in [0.25, 0.3) is 0 Å². The highest BCUT2D eigenvalue weighted by molar-refractivity contribution is 7.95. The Hall–Kier alpha value is -0.630. The maximum Gasteiger partial charge on any atom is 0.158 e. The van der Waals surface area contributed by atoms with Gasteiger partial charge in [0.05, 0.1) is 7.11 Å². The Bertz CT molecular complexity index is 233. The molecular formula is C9H13OS+. The van der Waals surface area contributed by atoms with Crippen LogP contribution in [0.5, 0.6) is 5.75 Å². The first-order valence-electron chi connectivity index (χ1n) is 3.45. The van der Waals surface area contributed by atoms with Crippen LogP contribution < -0.4 is 4.74 Å². The van der Waals surface area contributed by atoms with E-state index in [-0.39, 0.29) is 0 Å². The maximum atomic E-state index is 5.11. The molecule has 1 rings (SSSR count). The second-order valence-electron chi connectivity index (χ2n) is 2.50. The molecule has 1 aromatic carbocycles. The lowest BCUT2D eigenvalue weighted by molar-refractivity contribution is 0.413. The molecule has 0 saturated carbocycles. The zero-order valence-corrected chi connectivity index (χ0v) is 7.94. The van der Waals surface area contributed by atoms with Gasteiger partial charge in [-0.15, -0.1) is 0 Å². The molecule has 0 spiro atoms. The van der Waals surface area contributed by atoms with Crippen molar-refractivity contribution in [2.75, 3.05) is 19.6 Å². The first kappa shape index (κ1) is 8.47. The summed E-state index contributed by atoms with van der Waals surface area (Å²) in [7, 11) is 2.03. The quantitative estimate of drug-likeness (QED) is 0.615. The molecule has 0 aliphatic carbocycles. The number of benzene rings is 1. The van der Waals surface area contributed by atoms with Gasteiger partial charge in [-0.1, -0.05) is 6.07 Å². The molecule has 0 aliphatic heterocycles. The summed E-state index contributed by atoms with van der Waals surface area (Å²) in [6.07, 6.45) is 4.41. The van der Waals surface area contributed by atoms with Crippen LogP contribution in [0.2, 0.25) is 0 Å². The van der Waals surface area contributed by atoms with Crippen LogP contribution in [-0.2, 0) is 10.9 Å². The summed E-state index contributed by atoms with van der Waals surface area (Å²) in [6, 6.07) is 8.21. The van der Waals surface area contributed by atoms with Gasteiger partial charge in [-0.05, 0) is 12.1 Å². The molecule has 0 fully saturated rings. The molecule has 60 valence electrons. The van der Waals surface area contributed by atoms with Crippen LogP contribution in [0.3, 0.4) is 0 Å². The van der Waals surface area contributed by atoms with Crippen molar-refractivity contribution in [3.63, 3.8) is 0 Å². The van der Waals surface area contributed by atoms with E-state index in [2.05, 4.69) is 24.6 Å². The summed E-state index contributed by atoms with van der Waals surface area (Å²) in [5.41, 5.74) is 0. The molecule has 0 atom stereocenters. The highest BCUT2D eigenvalue weighted by atomic mass is 32.2. The van der Waals surface area contributed by atoms with Crippen LogP contribution in [0.15, 0.2) is 29.2 Å². The van der Waals surface area contributed by atoms with E-state index in [1.54, 1.807) is 7.11 Å². The Morgan fingerprint density at radius 2 is 2.00 bits per heavy atom. The summed E-state index contributed by atoms with van der Waals surface area (Å²) in [5.74, 6) is 0.948. The van der Waals surface area contributed by atoms with Gasteiger partial charge in [-0.2, -0.15) is 0 Å². The lowest BCUT2D eigenvalue weighted by atomic mass is 10.3.